The average Bonchev–Trinajstić information content (AvgIpc) is 2.21. The summed E-state index contributed by atoms with van der Waals surface area (Å²) in [5.74, 6) is 0. The first-order valence-corrected chi connectivity index (χ1v) is 4.74. The summed E-state index contributed by atoms with van der Waals surface area (Å²) in [6, 6.07) is 0. The number of hydrogen-bond donors (Lipinski definition) is 2. The van der Waals surface area contributed by atoms with Crippen LogP contribution in [0.25, 0.3) is 0 Å². The van der Waals surface area contributed by atoms with Crippen LogP contribution in [0.2, 0.25) is 0 Å². The van der Waals surface area contributed by atoms with Crippen LogP contribution in [0.3, 0.4) is 0 Å². The van der Waals surface area contributed by atoms with Gasteiger partial charge in [0.05, 0.1) is 12.4 Å². The second-order valence-corrected chi connectivity index (χ2v) is 3.36. The van der Waals surface area contributed by atoms with Crippen molar-refractivity contribution in [2.24, 2.45) is 0 Å². The Labute approximate surface area is 73.2 Å². The molecule has 2 aliphatic heterocycles. The molecule has 1 unspecified atom stereocenters. The summed E-state index contributed by atoms with van der Waals surface area (Å²) in [5.41, 5.74) is 0. The van der Waals surface area contributed by atoms with E-state index in [9.17, 15) is 0 Å². The van der Waals surface area contributed by atoms with Gasteiger partial charge in [-0.2, -0.15) is 0 Å². The Hall–Kier alpha value is -0.540. The normalized spacial score (nSPS) is 31.5. The number of hydrogen-bond acceptors (Lipinski definition) is 3. The number of rotatable bonds is 1. The van der Waals surface area contributed by atoms with Gasteiger partial charge in [0.2, 0.25) is 0 Å². The second kappa shape index (κ2) is 3.92. The minimum Gasteiger partial charge on any atom is -0.495 e. The highest BCUT2D eigenvalue weighted by atomic mass is 16.5. The molecule has 2 heterocycles. The van der Waals surface area contributed by atoms with Crippen molar-refractivity contribution in [3.05, 3.63) is 12.3 Å². The fourth-order valence-corrected chi connectivity index (χ4v) is 1.74. The molecule has 12 heavy (non-hydrogen) atoms. The maximum atomic E-state index is 5.51. The lowest BCUT2D eigenvalue weighted by Gasteiger charge is -2.32. The first-order chi connectivity index (χ1) is 5.97. The Morgan fingerprint density at radius 3 is 2.75 bits per heavy atom. The van der Waals surface area contributed by atoms with E-state index in [4.69, 9.17) is 4.74 Å². The Morgan fingerprint density at radius 1 is 1.25 bits per heavy atom. The summed E-state index contributed by atoms with van der Waals surface area (Å²) in [6.45, 7) is 2.22. The van der Waals surface area contributed by atoms with Crippen molar-refractivity contribution in [1.82, 2.24) is 10.6 Å². The van der Waals surface area contributed by atoms with Crippen molar-refractivity contribution < 1.29 is 4.74 Å². The van der Waals surface area contributed by atoms with Crippen LogP contribution < -0.4 is 10.6 Å². The maximum absolute atomic E-state index is 5.51. The third kappa shape index (κ3) is 1.79. The molecule has 0 amide bonds. The van der Waals surface area contributed by atoms with Crippen LogP contribution in [0.15, 0.2) is 12.3 Å². The highest BCUT2D eigenvalue weighted by Crippen LogP contribution is 2.13. The molecule has 2 N–H and O–H groups in total. The van der Waals surface area contributed by atoms with Crippen LogP contribution in [0.4, 0.5) is 0 Å². The van der Waals surface area contributed by atoms with Gasteiger partial charge in [0, 0.05) is 0 Å². The highest BCUT2D eigenvalue weighted by molar-refractivity contribution is 4.88. The maximum Gasteiger partial charge on any atom is 0.126 e. The third-order valence-electron chi connectivity index (χ3n) is 2.42. The molecule has 2 aliphatic rings. The van der Waals surface area contributed by atoms with Gasteiger partial charge in [0.1, 0.15) is 6.10 Å². The van der Waals surface area contributed by atoms with E-state index in [1.807, 2.05) is 6.26 Å². The van der Waals surface area contributed by atoms with Gasteiger partial charge >= 0.3 is 0 Å². The van der Waals surface area contributed by atoms with E-state index >= 15 is 0 Å². The third-order valence-corrected chi connectivity index (χ3v) is 2.42. The predicted octanol–water partition coefficient (Wildman–Crippen LogP) is 0.588. The summed E-state index contributed by atoms with van der Waals surface area (Å²) in [6.07, 6.45) is 8.09. The van der Waals surface area contributed by atoms with Crippen molar-refractivity contribution >= 4 is 0 Å². The zero-order valence-electron chi connectivity index (χ0n) is 7.25. The summed E-state index contributed by atoms with van der Waals surface area (Å²) in [4.78, 5) is 0. The van der Waals surface area contributed by atoms with E-state index in [0.29, 0.717) is 12.3 Å². The molecule has 0 spiro atoms. The Balaban J connectivity index is 1.85. The van der Waals surface area contributed by atoms with Crippen LogP contribution in [0, 0.1) is 0 Å². The molecule has 0 aromatic rings. The minimum atomic E-state index is 0.329. The number of ether oxygens (including phenoxy) is 1. The van der Waals surface area contributed by atoms with Crippen molar-refractivity contribution in [2.75, 3.05) is 13.1 Å². The average molecular weight is 168 g/mol. The molecule has 0 aromatic carbocycles. The van der Waals surface area contributed by atoms with Gasteiger partial charge in [-0.25, -0.2) is 0 Å². The molecule has 0 aliphatic carbocycles. The van der Waals surface area contributed by atoms with E-state index in [2.05, 4.69) is 16.7 Å². The van der Waals surface area contributed by atoms with Gasteiger partial charge < -0.3 is 4.74 Å². The summed E-state index contributed by atoms with van der Waals surface area (Å²) in [7, 11) is 0. The van der Waals surface area contributed by atoms with Crippen LogP contribution in [-0.4, -0.2) is 25.4 Å². The molecular formula is C9H16N2O. The fraction of sp³-hybridized carbons (Fsp3) is 0.778. The van der Waals surface area contributed by atoms with Crippen LogP contribution in [-0.2, 0) is 4.74 Å². The minimum absolute atomic E-state index is 0.329. The molecule has 1 fully saturated rings. The van der Waals surface area contributed by atoms with Crippen molar-refractivity contribution in [3.63, 3.8) is 0 Å². The first-order valence-electron chi connectivity index (χ1n) is 4.74. The van der Waals surface area contributed by atoms with Crippen LogP contribution in [0.5, 0.6) is 0 Å². The van der Waals surface area contributed by atoms with E-state index < -0.39 is 0 Å². The Morgan fingerprint density at radius 2 is 2.08 bits per heavy atom. The largest absolute Gasteiger partial charge is 0.495 e. The number of nitrogens with one attached hydrogen (secondary N) is 2. The smallest absolute Gasteiger partial charge is 0.126 e. The second-order valence-electron chi connectivity index (χ2n) is 3.36. The molecule has 2 rings (SSSR count). The van der Waals surface area contributed by atoms with Gasteiger partial charge in [-0.15, -0.1) is 0 Å². The zero-order chi connectivity index (χ0) is 8.23. The quantitative estimate of drug-likeness (QED) is 0.601. The Bertz CT molecular complexity index is 164. The molecule has 3 heteroatoms. The lowest BCUT2D eigenvalue weighted by molar-refractivity contribution is 0.0662. The van der Waals surface area contributed by atoms with Gasteiger partial charge in [-0.3, -0.25) is 10.6 Å². The van der Waals surface area contributed by atoms with E-state index in [-0.39, 0.29) is 0 Å². The first kappa shape index (κ1) is 8.08. The SMILES string of the molecule is C1=COC(C2NCCCN2)CC1. The fourth-order valence-electron chi connectivity index (χ4n) is 1.74. The zero-order valence-corrected chi connectivity index (χ0v) is 7.25. The highest BCUT2D eigenvalue weighted by Gasteiger charge is 2.23. The van der Waals surface area contributed by atoms with Crippen molar-refractivity contribution in [1.29, 1.82) is 0 Å². The van der Waals surface area contributed by atoms with Crippen LogP contribution in [0.1, 0.15) is 19.3 Å². The topological polar surface area (TPSA) is 33.3 Å². The van der Waals surface area contributed by atoms with Crippen molar-refractivity contribution in [2.45, 2.75) is 31.5 Å². The van der Waals surface area contributed by atoms with E-state index in [1.165, 1.54) is 6.42 Å². The van der Waals surface area contributed by atoms with Gasteiger partial charge in [0.25, 0.3) is 0 Å². The summed E-state index contributed by atoms with van der Waals surface area (Å²) < 4.78 is 5.51. The standard InChI is InChI=1S/C9H16N2O/c1-2-7-12-8(4-1)9-10-5-3-6-11-9/h2,7-11H,1,3-6H2. The molecule has 0 aromatic heterocycles. The number of allylic oxidation sites excluding steroid dienone is 1. The molecule has 1 saturated heterocycles. The van der Waals surface area contributed by atoms with E-state index in [0.717, 1.165) is 25.9 Å². The summed E-state index contributed by atoms with van der Waals surface area (Å²) >= 11 is 0. The lowest BCUT2D eigenvalue weighted by Crippen LogP contribution is -2.55. The molecule has 0 saturated carbocycles. The summed E-state index contributed by atoms with van der Waals surface area (Å²) in [5, 5.41) is 6.84. The van der Waals surface area contributed by atoms with E-state index in [1.54, 1.807) is 0 Å². The molecule has 0 bridgehead atoms. The van der Waals surface area contributed by atoms with Crippen molar-refractivity contribution in [3.8, 4) is 0 Å². The molecule has 68 valence electrons. The lowest BCUT2D eigenvalue weighted by atomic mass is 10.1. The Kier molecular flexibility index (Phi) is 2.64. The molecule has 1 atom stereocenters. The molecular weight excluding hydrogens is 152 g/mol. The van der Waals surface area contributed by atoms with Gasteiger partial charge in [0.15, 0.2) is 0 Å². The predicted molar refractivity (Wildman–Crippen MR) is 47.7 cm³/mol. The monoisotopic (exact) mass is 168 g/mol. The van der Waals surface area contributed by atoms with Gasteiger partial charge in [-0.1, -0.05) is 0 Å². The molecule has 0 radical (unpaired) electrons. The van der Waals surface area contributed by atoms with Gasteiger partial charge in [-0.05, 0) is 38.4 Å². The molecule has 3 nitrogen and oxygen atoms in total. The van der Waals surface area contributed by atoms with Crippen LogP contribution >= 0.6 is 0 Å².